The lowest BCUT2D eigenvalue weighted by Gasteiger charge is -2.34. The van der Waals surface area contributed by atoms with E-state index in [1.807, 2.05) is 0 Å². The number of hydrogen-bond acceptors (Lipinski definition) is 1. The van der Waals surface area contributed by atoms with Crippen LogP contribution < -0.4 is 0 Å². The van der Waals surface area contributed by atoms with Crippen LogP contribution in [-0.2, 0) is 4.79 Å². The van der Waals surface area contributed by atoms with Gasteiger partial charge in [-0.25, -0.2) is 0 Å². The number of carboxylic acids is 1. The highest BCUT2D eigenvalue weighted by molar-refractivity contribution is 5.76. The maximum Gasteiger partial charge on any atom is 0.405 e. The number of aliphatic carboxylic acids is 1. The van der Waals surface area contributed by atoms with Crippen molar-refractivity contribution in [2.24, 2.45) is 5.41 Å². The summed E-state index contributed by atoms with van der Waals surface area (Å²) < 4.78 is 37.8. The maximum atomic E-state index is 12.6. The molecule has 1 N–H and O–H groups in total. The summed E-state index contributed by atoms with van der Waals surface area (Å²) in [6.07, 6.45) is -3.62. The molecule has 0 spiro atoms. The van der Waals surface area contributed by atoms with Gasteiger partial charge in [-0.2, -0.15) is 13.2 Å². The third-order valence-electron chi connectivity index (χ3n) is 2.60. The van der Waals surface area contributed by atoms with E-state index in [0.29, 0.717) is 5.57 Å². The van der Waals surface area contributed by atoms with Gasteiger partial charge in [-0.3, -0.25) is 4.79 Å². The fraction of sp³-hybridized carbons (Fsp3) is 0.667. The second-order valence-electron chi connectivity index (χ2n) is 3.65. The second kappa shape index (κ2) is 3.29. The van der Waals surface area contributed by atoms with Crippen molar-refractivity contribution in [1.29, 1.82) is 0 Å². The summed E-state index contributed by atoms with van der Waals surface area (Å²) in [4.78, 5) is 10.7. The van der Waals surface area contributed by atoms with Crippen molar-refractivity contribution in [2.45, 2.75) is 32.4 Å². The molecule has 0 aromatic heterocycles. The molecule has 80 valence electrons. The predicted octanol–water partition coefficient (Wildman–Crippen LogP) is 2.75. The van der Waals surface area contributed by atoms with Crippen molar-refractivity contribution < 1.29 is 23.1 Å². The molecule has 0 heterocycles. The lowest BCUT2D eigenvalue weighted by atomic mass is 9.73. The molecule has 0 aromatic carbocycles. The number of halogens is 3. The van der Waals surface area contributed by atoms with Gasteiger partial charge in [0.2, 0.25) is 0 Å². The van der Waals surface area contributed by atoms with Crippen LogP contribution in [0.5, 0.6) is 0 Å². The average molecular weight is 208 g/mol. The zero-order valence-corrected chi connectivity index (χ0v) is 7.69. The molecule has 5 heteroatoms. The van der Waals surface area contributed by atoms with E-state index in [4.69, 9.17) is 5.11 Å². The molecule has 2 nitrogen and oxygen atoms in total. The Morgan fingerprint density at radius 3 is 2.43 bits per heavy atom. The fourth-order valence-corrected chi connectivity index (χ4v) is 1.75. The second-order valence-corrected chi connectivity index (χ2v) is 3.65. The highest BCUT2D eigenvalue weighted by atomic mass is 19.4. The molecule has 1 aliphatic carbocycles. The van der Waals surface area contributed by atoms with Crippen LogP contribution in [0.3, 0.4) is 0 Å². The molecule has 0 aromatic rings. The Labute approximate surface area is 79.4 Å². The third kappa shape index (κ3) is 1.63. The standard InChI is InChI=1S/C9H11F3O2/c1-6-3-2-4-8(5-6,7(13)14)9(10,11)12/h3H,2,4-5H2,1H3,(H,13,14). The molecule has 1 unspecified atom stereocenters. The minimum absolute atomic E-state index is 0.178. The zero-order chi connectivity index (χ0) is 11.0. The number of carboxylic acid groups (broad SMARTS) is 1. The van der Waals surface area contributed by atoms with Crippen LogP contribution in [-0.4, -0.2) is 17.3 Å². The first kappa shape index (κ1) is 11.1. The Kier molecular flexibility index (Phi) is 2.61. The number of allylic oxidation sites excluding steroid dienone is 2. The number of alkyl halides is 3. The molecule has 0 radical (unpaired) electrons. The predicted molar refractivity (Wildman–Crippen MR) is 43.7 cm³/mol. The molecular formula is C9H11F3O2. The third-order valence-corrected chi connectivity index (χ3v) is 2.60. The van der Waals surface area contributed by atoms with E-state index < -0.39 is 24.0 Å². The minimum atomic E-state index is -4.67. The zero-order valence-electron chi connectivity index (χ0n) is 7.69. The van der Waals surface area contributed by atoms with E-state index in [1.165, 1.54) is 6.92 Å². The summed E-state index contributed by atoms with van der Waals surface area (Å²) in [6, 6.07) is 0. The average Bonchev–Trinajstić information content (AvgIpc) is 2.01. The Morgan fingerprint density at radius 2 is 2.14 bits per heavy atom. The van der Waals surface area contributed by atoms with E-state index in [-0.39, 0.29) is 12.8 Å². The number of rotatable bonds is 1. The Hall–Kier alpha value is -1.00. The Bertz CT molecular complexity index is 280. The van der Waals surface area contributed by atoms with Gasteiger partial charge in [-0.15, -0.1) is 0 Å². The van der Waals surface area contributed by atoms with E-state index in [1.54, 1.807) is 6.08 Å². The molecule has 14 heavy (non-hydrogen) atoms. The van der Waals surface area contributed by atoms with Gasteiger partial charge in [0, 0.05) is 0 Å². The molecule has 0 aliphatic heterocycles. The van der Waals surface area contributed by atoms with Crippen LogP contribution in [0.15, 0.2) is 11.6 Å². The number of hydrogen-bond donors (Lipinski definition) is 1. The quantitative estimate of drug-likeness (QED) is 0.673. The largest absolute Gasteiger partial charge is 0.481 e. The van der Waals surface area contributed by atoms with Crippen molar-refractivity contribution in [3.8, 4) is 0 Å². The van der Waals surface area contributed by atoms with Crippen molar-refractivity contribution >= 4 is 5.97 Å². The highest BCUT2D eigenvalue weighted by Gasteiger charge is 2.60. The monoisotopic (exact) mass is 208 g/mol. The number of carbonyl (C=O) groups is 1. The smallest absolute Gasteiger partial charge is 0.405 e. The summed E-state index contributed by atoms with van der Waals surface area (Å²) in [5, 5.41) is 8.69. The van der Waals surface area contributed by atoms with Gasteiger partial charge in [-0.1, -0.05) is 11.6 Å². The first-order chi connectivity index (χ1) is 6.29. The van der Waals surface area contributed by atoms with Gasteiger partial charge in [0.05, 0.1) is 0 Å². The molecule has 0 fully saturated rings. The summed E-state index contributed by atoms with van der Waals surface area (Å²) in [7, 11) is 0. The van der Waals surface area contributed by atoms with Crippen LogP contribution in [0, 0.1) is 5.41 Å². The summed E-state index contributed by atoms with van der Waals surface area (Å²) in [6.45, 7) is 1.53. The van der Waals surface area contributed by atoms with E-state index in [0.717, 1.165) is 0 Å². The van der Waals surface area contributed by atoms with E-state index in [2.05, 4.69) is 0 Å². The van der Waals surface area contributed by atoms with E-state index in [9.17, 15) is 18.0 Å². The highest BCUT2D eigenvalue weighted by Crippen LogP contribution is 2.48. The van der Waals surface area contributed by atoms with E-state index >= 15 is 0 Å². The molecule has 1 atom stereocenters. The van der Waals surface area contributed by atoms with Crippen LogP contribution in [0.4, 0.5) is 13.2 Å². The van der Waals surface area contributed by atoms with Crippen molar-refractivity contribution in [3.05, 3.63) is 11.6 Å². The molecule has 0 amide bonds. The summed E-state index contributed by atoms with van der Waals surface area (Å²) >= 11 is 0. The minimum Gasteiger partial charge on any atom is -0.481 e. The first-order valence-electron chi connectivity index (χ1n) is 4.25. The van der Waals surface area contributed by atoms with Gasteiger partial charge >= 0.3 is 12.1 Å². The van der Waals surface area contributed by atoms with Gasteiger partial charge in [0.1, 0.15) is 0 Å². The lowest BCUT2D eigenvalue weighted by molar-refractivity contribution is -0.234. The summed E-state index contributed by atoms with van der Waals surface area (Å²) in [5.41, 5.74) is -2.07. The van der Waals surface area contributed by atoms with Crippen LogP contribution in [0.2, 0.25) is 0 Å². The Balaban J connectivity index is 3.08. The van der Waals surface area contributed by atoms with Gasteiger partial charge in [-0.05, 0) is 26.2 Å². The lowest BCUT2D eigenvalue weighted by Crippen LogP contribution is -2.46. The molecule has 1 aliphatic rings. The van der Waals surface area contributed by atoms with Crippen LogP contribution in [0.1, 0.15) is 26.2 Å². The Morgan fingerprint density at radius 1 is 1.57 bits per heavy atom. The fourth-order valence-electron chi connectivity index (χ4n) is 1.75. The molecule has 0 saturated heterocycles. The topological polar surface area (TPSA) is 37.3 Å². The van der Waals surface area contributed by atoms with Crippen molar-refractivity contribution in [1.82, 2.24) is 0 Å². The van der Waals surface area contributed by atoms with Crippen molar-refractivity contribution in [3.63, 3.8) is 0 Å². The SMILES string of the molecule is CC1=CCCC(C(=O)O)(C(F)(F)F)C1. The van der Waals surface area contributed by atoms with Crippen molar-refractivity contribution in [2.75, 3.05) is 0 Å². The van der Waals surface area contributed by atoms with Gasteiger partial charge in [0.25, 0.3) is 0 Å². The molecule has 0 bridgehead atoms. The van der Waals surface area contributed by atoms with Gasteiger partial charge < -0.3 is 5.11 Å². The maximum absolute atomic E-state index is 12.6. The molecular weight excluding hydrogens is 197 g/mol. The first-order valence-corrected chi connectivity index (χ1v) is 4.25. The van der Waals surface area contributed by atoms with Gasteiger partial charge in [0.15, 0.2) is 5.41 Å². The normalized spacial score (nSPS) is 28.4. The molecule has 1 rings (SSSR count). The van der Waals surface area contributed by atoms with Crippen LogP contribution >= 0.6 is 0 Å². The summed E-state index contributed by atoms with van der Waals surface area (Å²) in [5.74, 6) is -1.77. The molecule has 0 saturated carbocycles. The van der Waals surface area contributed by atoms with Crippen LogP contribution in [0.25, 0.3) is 0 Å².